The SMILES string of the molecule is COCCN1C[C@H](CNc2ccc(C(N)=O)cn2)CC1=O. The molecule has 2 amide bonds. The fourth-order valence-corrected chi connectivity index (χ4v) is 2.30. The van der Waals surface area contributed by atoms with E-state index in [1.807, 2.05) is 4.90 Å². The van der Waals surface area contributed by atoms with Crippen LogP contribution in [0.1, 0.15) is 16.8 Å². The molecule has 1 aliphatic rings. The Kier molecular flexibility index (Phi) is 5.10. The Morgan fingerprint density at radius 3 is 3.00 bits per heavy atom. The summed E-state index contributed by atoms with van der Waals surface area (Å²) in [7, 11) is 1.63. The number of primary amides is 1. The topological polar surface area (TPSA) is 97.6 Å². The molecule has 1 aliphatic heterocycles. The van der Waals surface area contributed by atoms with Crippen molar-refractivity contribution < 1.29 is 14.3 Å². The van der Waals surface area contributed by atoms with E-state index in [1.54, 1.807) is 19.2 Å². The second kappa shape index (κ2) is 7.03. The van der Waals surface area contributed by atoms with Crippen molar-refractivity contribution in [1.82, 2.24) is 9.88 Å². The normalized spacial score (nSPS) is 18.0. The predicted molar refractivity (Wildman–Crippen MR) is 77.8 cm³/mol. The molecule has 1 fully saturated rings. The highest BCUT2D eigenvalue weighted by molar-refractivity contribution is 5.92. The first kappa shape index (κ1) is 15.2. The van der Waals surface area contributed by atoms with Gasteiger partial charge < -0.3 is 20.7 Å². The summed E-state index contributed by atoms with van der Waals surface area (Å²) >= 11 is 0. The van der Waals surface area contributed by atoms with Crippen molar-refractivity contribution in [2.45, 2.75) is 6.42 Å². The van der Waals surface area contributed by atoms with Gasteiger partial charge in [-0.15, -0.1) is 0 Å². The summed E-state index contributed by atoms with van der Waals surface area (Å²) < 4.78 is 4.99. The number of likely N-dealkylation sites (tertiary alicyclic amines) is 1. The number of nitrogens with zero attached hydrogens (tertiary/aromatic N) is 2. The summed E-state index contributed by atoms with van der Waals surface area (Å²) in [6.07, 6.45) is 1.98. The third-order valence-corrected chi connectivity index (χ3v) is 3.48. The lowest BCUT2D eigenvalue weighted by Gasteiger charge is -2.16. The van der Waals surface area contributed by atoms with Gasteiger partial charge in [-0.05, 0) is 12.1 Å². The fraction of sp³-hybridized carbons (Fsp3) is 0.500. The zero-order valence-corrected chi connectivity index (χ0v) is 12.0. The minimum absolute atomic E-state index is 0.163. The number of ether oxygens (including phenoxy) is 1. The van der Waals surface area contributed by atoms with Gasteiger partial charge in [-0.1, -0.05) is 0 Å². The highest BCUT2D eigenvalue weighted by Gasteiger charge is 2.28. The summed E-state index contributed by atoms with van der Waals surface area (Å²) in [5.41, 5.74) is 5.53. The Bertz CT molecular complexity index is 503. The van der Waals surface area contributed by atoms with Gasteiger partial charge in [-0.2, -0.15) is 0 Å². The average molecular weight is 292 g/mol. The van der Waals surface area contributed by atoms with Crippen LogP contribution in [-0.4, -0.2) is 55.0 Å². The van der Waals surface area contributed by atoms with Gasteiger partial charge in [0.15, 0.2) is 0 Å². The van der Waals surface area contributed by atoms with E-state index in [0.29, 0.717) is 37.5 Å². The van der Waals surface area contributed by atoms with Gasteiger partial charge in [0.05, 0.1) is 12.2 Å². The Morgan fingerprint density at radius 2 is 2.38 bits per heavy atom. The molecule has 7 heteroatoms. The van der Waals surface area contributed by atoms with Crippen LogP contribution in [0.4, 0.5) is 5.82 Å². The number of carbonyl (C=O) groups is 2. The standard InChI is InChI=1S/C14H20N4O3/c1-21-5-4-18-9-10(6-13(18)19)7-16-12-3-2-11(8-17-12)14(15)20/h2-3,8,10H,4-7,9H2,1H3,(H2,15,20)(H,16,17)/t10-/m0/s1. The number of hydrogen-bond acceptors (Lipinski definition) is 5. The van der Waals surface area contributed by atoms with E-state index in [1.165, 1.54) is 6.20 Å². The van der Waals surface area contributed by atoms with Crippen molar-refractivity contribution in [2.75, 3.05) is 38.7 Å². The summed E-state index contributed by atoms with van der Waals surface area (Å²) in [5.74, 6) is 0.592. The smallest absolute Gasteiger partial charge is 0.250 e. The number of methoxy groups -OCH3 is 1. The third kappa shape index (κ3) is 4.16. The molecule has 3 N–H and O–H groups in total. The van der Waals surface area contributed by atoms with E-state index in [9.17, 15) is 9.59 Å². The van der Waals surface area contributed by atoms with Gasteiger partial charge in [-0.3, -0.25) is 9.59 Å². The lowest BCUT2D eigenvalue weighted by molar-refractivity contribution is -0.128. The molecule has 7 nitrogen and oxygen atoms in total. The van der Waals surface area contributed by atoms with Crippen molar-refractivity contribution in [1.29, 1.82) is 0 Å². The minimum atomic E-state index is -0.496. The molecule has 1 atom stereocenters. The highest BCUT2D eigenvalue weighted by atomic mass is 16.5. The molecule has 0 radical (unpaired) electrons. The van der Waals surface area contributed by atoms with Crippen LogP contribution in [0.5, 0.6) is 0 Å². The molecular weight excluding hydrogens is 272 g/mol. The van der Waals surface area contributed by atoms with Crippen LogP contribution in [-0.2, 0) is 9.53 Å². The Hall–Kier alpha value is -2.15. The first-order chi connectivity index (χ1) is 10.1. The summed E-state index contributed by atoms with van der Waals surface area (Å²) in [5, 5.41) is 3.18. The largest absolute Gasteiger partial charge is 0.383 e. The molecule has 2 heterocycles. The lowest BCUT2D eigenvalue weighted by Crippen LogP contribution is -2.29. The zero-order valence-electron chi connectivity index (χ0n) is 12.0. The summed E-state index contributed by atoms with van der Waals surface area (Å²) in [4.78, 5) is 28.7. The van der Waals surface area contributed by atoms with Gasteiger partial charge >= 0.3 is 0 Å². The maximum Gasteiger partial charge on any atom is 0.250 e. The fourth-order valence-electron chi connectivity index (χ4n) is 2.30. The van der Waals surface area contributed by atoms with Crippen molar-refractivity contribution in [2.24, 2.45) is 11.7 Å². The maximum absolute atomic E-state index is 11.8. The Morgan fingerprint density at radius 1 is 1.57 bits per heavy atom. The van der Waals surface area contributed by atoms with Crippen molar-refractivity contribution >= 4 is 17.6 Å². The van der Waals surface area contributed by atoms with E-state index >= 15 is 0 Å². The number of hydrogen-bond donors (Lipinski definition) is 2. The molecule has 0 spiro atoms. The van der Waals surface area contributed by atoms with E-state index in [2.05, 4.69) is 10.3 Å². The first-order valence-corrected chi connectivity index (χ1v) is 6.86. The van der Waals surface area contributed by atoms with Crippen molar-refractivity contribution in [3.05, 3.63) is 23.9 Å². The number of carbonyl (C=O) groups excluding carboxylic acids is 2. The van der Waals surface area contributed by atoms with Crippen LogP contribution in [0.25, 0.3) is 0 Å². The quantitative estimate of drug-likeness (QED) is 0.742. The monoisotopic (exact) mass is 292 g/mol. The molecule has 0 unspecified atom stereocenters. The van der Waals surface area contributed by atoms with Crippen molar-refractivity contribution in [3.8, 4) is 0 Å². The van der Waals surface area contributed by atoms with E-state index in [0.717, 1.165) is 6.54 Å². The van der Waals surface area contributed by atoms with E-state index < -0.39 is 5.91 Å². The van der Waals surface area contributed by atoms with Gasteiger partial charge in [0.1, 0.15) is 5.82 Å². The molecule has 114 valence electrons. The van der Waals surface area contributed by atoms with Crippen LogP contribution in [0, 0.1) is 5.92 Å². The second-order valence-corrected chi connectivity index (χ2v) is 5.08. The van der Waals surface area contributed by atoms with Crippen LogP contribution in [0.15, 0.2) is 18.3 Å². The van der Waals surface area contributed by atoms with E-state index in [4.69, 9.17) is 10.5 Å². The number of aromatic nitrogens is 1. The number of anilines is 1. The van der Waals surface area contributed by atoms with Gasteiger partial charge in [-0.25, -0.2) is 4.98 Å². The van der Waals surface area contributed by atoms with Gasteiger partial charge in [0.25, 0.3) is 0 Å². The predicted octanol–water partition coefficient (Wildman–Crippen LogP) is 0.0873. The second-order valence-electron chi connectivity index (χ2n) is 5.08. The molecular formula is C14H20N4O3. The molecule has 0 aliphatic carbocycles. The number of amides is 2. The molecule has 0 bridgehead atoms. The lowest BCUT2D eigenvalue weighted by atomic mass is 10.1. The number of nitrogens with two attached hydrogens (primary N) is 1. The summed E-state index contributed by atoms with van der Waals surface area (Å²) in [6, 6.07) is 3.34. The maximum atomic E-state index is 11.8. The molecule has 0 aromatic carbocycles. The number of nitrogens with one attached hydrogen (secondary N) is 1. The molecule has 1 aromatic heterocycles. The summed E-state index contributed by atoms with van der Waals surface area (Å²) in [6.45, 7) is 2.59. The number of rotatable bonds is 7. The van der Waals surface area contributed by atoms with E-state index in [-0.39, 0.29) is 11.8 Å². The third-order valence-electron chi connectivity index (χ3n) is 3.48. The first-order valence-electron chi connectivity index (χ1n) is 6.86. The van der Waals surface area contributed by atoms with Crippen LogP contribution in [0.2, 0.25) is 0 Å². The Balaban J connectivity index is 1.81. The molecule has 1 saturated heterocycles. The minimum Gasteiger partial charge on any atom is -0.383 e. The Labute approximate surface area is 123 Å². The van der Waals surface area contributed by atoms with Crippen molar-refractivity contribution in [3.63, 3.8) is 0 Å². The molecule has 2 rings (SSSR count). The zero-order chi connectivity index (χ0) is 15.2. The van der Waals surface area contributed by atoms with Gasteiger partial charge in [0, 0.05) is 45.3 Å². The molecule has 1 aromatic rings. The molecule has 21 heavy (non-hydrogen) atoms. The number of pyridine rings is 1. The van der Waals surface area contributed by atoms with Crippen LogP contribution in [0.3, 0.4) is 0 Å². The highest BCUT2D eigenvalue weighted by Crippen LogP contribution is 2.18. The van der Waals surface area contributed by atoms with Crippen LogP contribution >= 0.6 is 0 Å². The van der Waals surface area contributed by atoms with Crippen LogP contribution < -0.4 is 11.1 Å². The average Bonchev–Trinajstić information content (AvgIpc) is 2.83. The van der Waals surface area contributed by atoms with Gasteiger partial charge in [0.2, 0.25) is 11.8 Å². The molecule has 0 saturated carbocycles.